The van der Waals surface area contributed by atoms with Gasteiger partial charge in [0.15, 0.2) is 6.79 Å². The van der Waals surface area contributed by atoms with Gasteiger partial charge in [-0.2, -0.15) is 9.69 Å². The summed E-state index contributed by atoms with van der Waals surface area (Å²) in [4.78, 5) is 39.7. The lowest BCUT2D eigenvalue weighted by Crippen LogP contribution is -2.38. The largest absolute Gasteiger partial charge is 0.510 e. The van der Waals surface area contributed by atoms with Crippen LogP contribution in [0.4, 0.5) is 4.79 Å². The molecule has 2 rings (SSSR count). The highest BCUT2D eigenvalue weighted by molar-refractivity contribution is 7.74. The molecule has 0 saturated heterocycles. The SMILES string of the molecule is CCC(C)(C)C(=O)ONC(=O)CCOC(=O)OCOC1C2CCC(C2)C1OS(=O)O. The maximum absolute atomic E-state index is 11.7. The van der Waals surface area contributed by atoms with E-state index in [0.717, 1.165) is 19.3 Å². The van der Waals surface area contributed by atoms with E-state index in [1.165, 1.54) is 0 Å². The average Bonchev–Trinajstić information content (AvgIpc) is 3.28. The van der Waals surface area contributed by atoms with Gasteiger partial charge in [-0.05, 0) is 51.4 Å². The Kier molecular flexibility index (Phi) is 9.01. The highest BCUT2D eigenvalue weighted by Gasteiger charge is 2.50. The van der Waals surface area contributed by atoms with Gasteiger partial charge in [0.25, 0.3) is 5.91 Å². The average molecular weight is 451 g/mol. The Morgan fingerprint density at radius 3 is 2.43 bits per heavy atom. The number of hydrogen-bond acceptors (Lipinski definition) is 9. The third-order valence-corrected chi connectivity index (χ3v) is 6.03. The first-order chi connectivity index (χ1) is 14.1. The molecule has 5 unspecified atom stereocenters. The molecule has 172 valence electrons. The standard InChI is InChI=1S/C18H29NO10S/c1-4-18(2,3)16(21)28-19-13(20)7-8-25-17(22)27-10-26-14-11-5-6-12(9-11)15(14)29-30(23)24/h11-12,14-15H,4-10H2,1-3H3,(H,19,20)(H,23,24). The first kappa shape index (κ1) is 24.5. The molecule has 2 aliphatic carbocycles. The third-order valence-electron chi connectivity index (χ3n) is 5.64. The summed E-state index contributed by atoms with van der Waals surface area (Å²) in [5.74, 6) is -0.854. The molecule has 0 aromatic rings. The molecule has 0 aliphatic heterocycles. The van der Waals surface area contributed by atoms with E-state index in [2.05, 4.69) is 0 Å². The van der Waals surface area contributed by atoms with Crippen molar-refractivity contribution < 1.29 is 46.4 Å². The molecule has 0 radical (unpaired) electrons. The molecule has 5 atom stereocenters. The van der Waals surface area contributed by atoms with Crippen LogP contribution in [0, 0.1) is 17.3 Å². The summed E-state index contributed by atoms with van der Waals surface area (Å²) < 4.78 is 40.0. The normalized spacial score (nSPS) is 26.1. The Bertz CT molecular complexity index is 655. The fourth-order valence-corrected chi connectivity index (χ4v) is 3.97. The van der Waals surface area contributed by atoms with Crippen molar-refractivity contribution >= 4 is 29.4 Å². The number of carbonyl (C=O) groups excluding carboxylic acids is 3. The molecule has 1 amide bonds. The van der Waals surface area contributed by atoms with Crippen LogP contribution < -0.4 is 5.48 Å². The van der Waals surface area contributed by atoms with Gasteiger partial charge in [-0.15, -0.1) is 0 Å². The smallest absolute Gasteiger partial charge is 0.434 e. The monoisotopic (exact) mass is 451 g/mol. The van der Waals surface area contributed by atoms with Gasteiger partial charge < -0.3 is 19.0 Å². The van der Waals surface area contributed by atoms with Gasteiger partial charge in [0.2, 0.25) is 0 Å². The van der Waals surface area contributed by atoms with E-state index < -0.39 is 53.8 Å². The van der Waals surface area contributed by atoms with Gasteiger partial charge in [0.05, 0.1) is 17.9 Å². The fraction of sp³-hybridized carbons (Fsp3) is 0.833. The summed E-state index contributed by atoms with van der Waals surface area (Å²) in [5.41, 5.74) is 1.29. The molecular formula is C18H29NO10S. The molecule has 12 heteroatoms. The topological polar surface area (TPSA) is 147 Å². The lowest BCUT2D eigenvalue weighted by molar-refractivity contribution is -0.167. The lowest BCUT2D eigenvalue weighted by Gasteiger charge is -2.28. The molecule has 30 heavy (non-hydrogen) atoms. The molecule has 0 spiro atoms. The number of fused-ring (bicyclic) bond motifs is 2. The Labute approximate surface area is 177 Å². The van der Waals surface area contributed by atoms with E-state index in [1.54, 1.807) is 13.8 Å². The summed E-state index contributed by atoms with van der Waals surface area (Å²) in [6, 6.07) is 0. The van der Waals surface area contributed by atoms with Gasteiger partial charge in [-0.3, -0.25) is 13.5 Å². The van der Waals surface area contributed by atoms with Crippen LogP contribution in [-0.4, -0.2) is 52.4 Å². The molecule has 2 bridgehead atoms. The van der Waals surface area contributed by atoms with Crippen molar-refractivity contribution in [3.63, 3.8) is 0 Å². The van der Waals surface area contributed by atoms with E-state index >= 15 is 0 Å². The zero-order chi connectivity index (χ0) is 22.3. The van der Waals surface area contributed by atoms with Crippen molar-refractivity contribution in [1.82, 2.24) is 5.48 Å². The Balaban J connectivity index is 1.60. The van der Waals surface area contributed by atoms with Gasteiger partial charge in [-0.1, -0.05) is 6.92 Å². The van der Waals surface area contributed by atoms with Crippen molar-refractivity contribution in [1.29, 1.82) is 0 Å². The van der Waals surface area contributed by atoms with Gasteiger partial charge in [-0.25, -0.2) is 9.59 Å². The first-order valence-corrected chi connectivity index (χ1v) is 10.9. The quantitative estimate of drug-likeness (QED) is 0.218. The number of rotatable bonds is 10. The maximum Gasteiger partial charge on any atom is 0.510 e. The molecule has 0 aromatic heterocycles. The zero-order valence-electron chi connectivity index (χ0n) is 17.3. The van der Waals surface area contributed by atoms with Gasteiger partial charge in [0, 0.05) is 0 Å². The third kappa shape index (κ3) is 6.89. The summed E-state index contributed by atoms with van der Waals surface area (Å²) in [6.07, 6.45) is 1.02. The van der Waals surface area contributed by atoms with Crippen molar-refractivity contribution in [2.45, 2.75) is 65.1 Å². The molecule has 0 heterocycles. The van der Waals surface area contributed by atoms with Crippen LogP contribution in [0.5, 0.6) is 0 Å². The van der Waals surface area contributed by atoms with Crippen molar-refractivity contribution in [2.24, 2.45) is 17.3 Å². The molecule has 2 fully saturated rings. The molecule has 2 aliphatic rings. The van der Waals surface area contributed by atoms with E-state index in [-0.39, 0.29) is 24.9 Å². The minimum Gasteiger partial charge on any atom is -0.434 e. The second-order valence-corrected chi connectivity index (χ2v) is 8.63. The molecule has 11 nitrogen and oxygen atoms in total. The van der Waals surface area contributed by atoms with Crippen LogP contribution in [0.2, 0.25) is 0 Å². The van der Waals surface area contributed by atoms with Crippen molar-refractivity contribution in [2.75, 3.05) is 13.4 Å². The molecule has 2 N–H and O–H groups in total. The first-order valence-electron chi connectivity index (χ1n) is 9.83. The highest BCUT2D eigenvalue weighted by atomic mass is 32.2. The van der Waals surface area contributed by atoms with Crippen LogP contribution in [0.15, 0.2) is 0 Å². The van der Waals surface area contributed by atoms with Crippen molar-refractivity contribution in [3.05, 3.63) is 0 Å². The van der Waals surface area contributed by atoms with Crippen molar-refractivity contribution in [3.8, 4) is 0 Å². The van der Waals surface area contributed by atoms with E-state index in [4.69, 9.17) is 27.8 Å². The second kappa shape index (κ2) is 11.0. The maximum atomic E-state index is 11.7. The Hall–Kier alpha value is -1.76. The van der Waals surface area contributed by atoms with E-state index in [9.17, 15) is 18.6 Å². The Morgan fingerprint density at radius 2 is 1.80 bits per heavy atom. The predicted molar refractivity (Wildman–Crippen MR) is 102 cm³/mol. The zero-order valence-corrected chi connectivity index (χ0v) is 18.1. The fourth-order valence-electron chi connectivity index (χ4n) is 3.51. The van der Waals surface area contributed by atoms with Gasteiger partial charge in [0.1, 0.15) is 12.7 Å². The lowest BCUT2D eigenvalue weighted by atomic mass is 9.91. The van der Waals surface area contributed by atoms with Crippen LogP contribution in [0.3, 0.4) is 0 Å². The number of amides is 1. The van der Waals surface area contributed by atoms with Gasteiger partial charge >= 0.3 is 23.5 Å². The van der Waals surface area contributed by atoms with E-state index in [0.29, 0.717) is 6.42 Å². The molecular weight excluding hydrogens is 422 g/mol. The number of hydrogen-bond donors (Lipinski definition) is 2. The molecule has 0 aromatic carbocycles. The summed E-state index contributed by atoms with van der Waals surface area (Å²) in [6.45, 7) is 4.53. The van der Waals surface area contributed by atoms with Crippen LogP contribution in [-0.2, 0) is 44.2 Å². The molecule has 2 saturated carbocycles. The predicted octanol–water partition coefficient (Wildman–Crippen LogP) is 1.83. The summed E-state index contributed by atoms with van der Waals surface area (Å²) in [5, 5.41) is 0. The minimum atomic E-state index is -2.39. The van der Waals surface area contributed by atoms with Crippen LogP contribution in [0.25, 0.3) is 0 Å². The summed E-state index contributed by atoms with van der Waals surface area (Å²) in [7, 11) is 0. The van der Waals surface area contributed by atoms with Crippen LogP contribution >= 0.6 is 0 Å². The van der Waals surface area contributed by atoms with Crippen LogP contribution in [0.1, 0.15) is 52.9 Å². The minimum absolute atomic E-state index is 0.151. The van der Waals surface area contributed by atoms with E-state index in [1.807, 2.05) is 12.4 Å². The highest BCUT2D eigenvalue weighted by Crippen LogP contribution is 2.47. The Morgan fingerprint density at radius 1 is 1.13 bits per heavy atom. The number of hydroxylamine groups is 1. The number of nitrogens with one attached hydrogen (secondary N) is 1. The summed E-state index contributed by atoms with van der Waals surface area (Å²) >= 11 is -2.39. The number of ether oxygens (including phenoxy) is 3. The second-order valence-electron chi connectivity index (χ2n) is 8.01. The number of carbonyl (C=O) groups is 3.